The Morgan fingerprint density at radius 1 is 1.14 bits per heavy atom. The lowest BCUT2D eigenvalue weighted by molar-refractivity contribution is 0.0922. The Kier molecular flexibility index (Phi) is 4.02. The summed E-state index contributed by atoms with van der Waals surface area (Å²) >= 11 is 0. The lowest BCUT2D eigenvalue weighted by Crippen LogP contribution is -2.39. The summed E-state index contributed by atoms with van der Waals surface area (Å²) in [5.74, 6) is 0.680. The molecule has 1 aliphatic rings. The topological polar surface area (TPSA) is 49.9 Å². The third kappa shape index (κ3) is 3.49. The first kappa shape index (κ1) is 13.8. The molecule has 14 heavy (non-hydrogen) atoms. The van der Waals surface area contributed by atoms with Gasteiger partial charge in [-0.15, -0.1) is 12.4 Å². The standard InChI is InChI=1S/C11H22N2.ClH/c1-10(2)5-8(9(12)13)6-11(3,4)7-10;/h8H,5-7H2,1-4H3,(H3,12,13);1H. The van der Waals surface area contributed by atoms with Crippen LogP contribution in [0.2, 0.25) is 0 Å². The maximum Gasteiger partial charge on any atom is 0.0937 e. The quantitative estimate of drug-likeness (QED) is 0.516. The Balaban J connectivity index is 0.00000169. The molecule has 1 saturated carbocycles. The maximum atomic E-state index is 7.52. The van der Waals surface area contributed by atoms with Gasteiger partial charge in [-0.3, -0.25) is 5.41 Å². The zero-order chi connectivity index (χ0) is 10.3. The summed E-state index contributed by atoms with van der Waals surface area (Å²) in [6.45, 7) is 9.13. The molecule has 0 aliphatic heterocycles. The second kappa shape index (κ2) is 4.09. The van der Waals surface area contributed by atoms with E-state index in [1.165, 1.54) is 6.42 Å². The number of amidine groups is 1. The number of rotatable bonds is 1. The zero-order valence-electron chi connectivity index (χ0n) is 9.68. The van der Waals surface area contributed by atoms with Gasteiger partial charge in [-0.05, 0) is 30.1 Å². The van der Waals surface area contributed by atoms with Gasteiger partial charge in [0.2, 0.25) is 0 Å². The van der Waals surface area contributed by atoms with Gasteiger partial charge in [-0.2, -0.15) is 0 Å². The predicted octanol–water partition coefficient (Wildman–Crippen LogP) is 3.20. The van der Waals surface area contributed by atoms with Crippen LogP contribution in [0.5, 0.6) is 0 Å². The van der Waals surface area contributed by atoms with Gasteiger partial charge >= 0.3 is 0 Å². The van der Waals surface area contributed by atoms with Crippen molar-refractivity contribution in [2.24, 2.45) is 22.5 Å². The minimum atomic E-state index is 0. The molecule has 3 N–H and O–H groups in total. The Bertz CT molecular complexity index is 205. The molecule has 0 aromatic heterocycles. The van der Waals surface area contributed by atoms with Crippen LogP contribution in [0.15, 0.2) is 0 Å². The van der Waals surface area contributed by atoms with E-state index < -0.39 is 0 Å². The average molecular weight is 219 g/mol. The molecule has 0 aromatic rings. The van der Waals surface area contributed by atoms with Crippen LogP contribution in [0, 0.1) is 22.2 Å². The molecule has 0 bridgehead atoms. The fourth-order valence-corrected chi connectivity index (χ4v) is 3.07. The van der Waals surface area contributed by atoms with Gasteiger partial charge in [0.15, 0.2) is 0 Å². The zero-order valence-corrected chi connectivity index (χ0v) is 10.5. The smallest absolute Gasteiger partial charge is 0.0937 e. The molecule has 0 unspecified atom stereocenters. The first-order valence-electron chi connectivity index (χ1n) is 5.06. The third-order valence-electron chi connectivity index (χ3n) is 2.99. The Morgan fingerprint density at radius 3 is 1.79 bits per heavy atom. The summed E-state index contributed by atoms with van der Waals surface area (Å²) in [5.41, 5.74) is 6.28. The number of nitrogens with two attached hydrogens (primary N) is 1. The normalized spacial score (nSPS) is 25.1. The van der Waals surface area contributed by atoms with Gasteiger partial charge in [0, 0.05) is 5.92 Å². The van der Waals surface area contributed by atoms with Crippen LogP contribution in [0.4, 0.5) is 0 Å². The summed E-state index contributed by atoms with van der Waals surface area (Å²) < 4.78 is 0. The Labute approximate surface area is 93.6 Å². The van der Waals surface area contributed by atoms with Crippen LogP contribution in [0.25, 0.3) is 0 Å². The average Bonchev–Trinajstić information content (AvgIpc) is 1.79. The van der Waals surface area contributed by atoms with Gasteiger partial charge in [0.1, 0.15) is 0 Å². The first-order chi connectivity index (χ1) is 5.72. The maximum absolute atomic E-state index is 7.52. The Hall–Kier alpha value is -0.240. The highest BCUT2D eigenvalue weighted by molar-refractivity contribution is 5.85. The predicted molar refractivity (Wildman–Crippen MR) is 64.1 cm³/mol. The van der Waals surface area contributed by atoms with Gasteiger partial charge in [0.25, 0.3) is 0 Å². The van der Waals surface area contributed by atoms with Crippen molar-refractivity contribution in [3.05, 3.63) is 0 Å². The van der Waals surface area contributed by atoms with Crippen molar-refractivity contribution in [2.45, 2.75) is 47.0 Å². The van der Waals surface area contributed by atoms with E-state index in [1.54, 1.807) is 0 Å². The number of hydrogen-bond acceptors (Lipinski definition) is 1. The summed E-state index contributed by atoms with van der Waals surface area (Å²) in [6.07, 6.45) is 3.39. The summed E-state index contributed by atoms with van der Waals surface area (Å²) in [4.78, 5) is 0. The molecule has 2 nitrogen and oxygen atoms in total. The molecule has 0 saturated heterocycles. The third-order valence-corrected chi connectivity index (χ3v) is 2.99. The molecule has 0 atom stereocenters. The van der Waals surface area contributed by atoms with Crippen LogP contribution >= 0.6 is 12.4 Å². The Morgan fingerprint density at radius 2 is 1.50 bits per heavy atom. The summed E-state index contributed by atoms with van der Waals surface area (Å²) in [7, 11) is 0. The van der Waals surface area contributed by atoms with Crippen molar-refractivity contribution in [3.63, 3.8) is 0 Å². The summed E-state index contributed by atoms with van der Waals surface area (Å²) in [6, 6.07) is 0. The van der Waals surface area contributed by atoms with Gasteiger partial charge in [0.05, 0.1) is 5.84 Å². The van der Waals surface area contributed by atoms with Crippen LogP contribution in [-0.2, 0) is 0 Å². The fourth-order valence-electron chi connectivity index (χ4n) is 3.07. The number of nitrogens with one attached hydrogen (secondary N) is 1. The van der Waals surface area contributed by atoms with Gasteiger partial charge in [-0.25, -0.2) is 0 Å². The highest BCUT2D eigenvalue weighted by Crippen LogP contribution is 2.48. The van der Waals surface area contributed by atoms with Crippen molar-refractivity contribution >= 4 is 18.2 Å². The van der Waals surface area contributed by atoms with Crippen molar-refractivity contribution in [1.29, 1.82) is 5.41 Å². The minimum absolute atomic E-state index is 0. The first-order valence-corrected chi connectivity index (χ1v) is 5.06. The largest absolute Gasteiger partial charge is 0.387 e. The number of halogens is 1. The molecular formula is C11H23ClN2. The molecule has 0 heterocycles. The molecule has 84 valence electrons. The second-order valence-corrected chi connectivity index (χ2v) is 6.07. The van der Waals surface area contributed by atoms with E-state index in [1.807, 2.05) is 0 Å². The number of hydrogen-bond donors (Lipinski definition) is 2. The van der Waals surface area contributed by atoms with Crippen LogP contribution in [0.3, 0.4) is 0 Å². The van der Waals surface area contributed by atoms with Crippen molar-refractivity contribution < 1.29 is 0 Å². The van der Waals surface area contributed by atoms with Crippen molar-refractivity contribution in [2.75, 3.05) is 0 Å². The molecular weight excluding hydrogens is 196 g/mol. The van der Waals surface area contributed by atoms with E-state index in [0.29, 0.717) is 22.6 Å². The van der Waals surface area contributed by atoms with Gasteiger partial charge < -0.3 is 5.73 Å². The molecule has 0 amide bonds. The van der Waals surface area contributed by atoms with Crippen LogP contribution in [-0.4, -0.2) is 5.84 Å². The van der Waals surface area contributed by atoms with E-state index in [4.69, 9.17) is 11.1 Å². The SMILES string of the molecule is CC1(C)CC(C(=N)N)CC(C)(C)C1.Cl. The van der Waals surface area contributed by atoms with Gasteiger partial charge in [-0.1, -0.05) is 27.7 Å². The summed E-state index contributed by atoms with van der Waals surface area (Å²) in [5, 5.41) is 7.52. The molecule has 1 rings (SSSR count). The van der Waals surface area contributed by atoms with E-state index >= 15 is 0 Å². The van der Waals surface area contributed by atoms with Crippen molar-refractivity contribution in [1.82, 2.24) is 0 Å². The van der Waals surface area contributed by atoms with Crippen LogP contribution in [0.1, 0.15) is 47.0 Å². The lowest BCUT2D eigenvalue weighted by Gasteiger charge is -2.44. The molecule has 3 heteroatoms. The van der Waals surface area contributed by atoms with Crippen molar-refractivity contribution in [3.8, 4) is 0 Å². The molecule has 0 aromatic carbocycles. The minimum Gasteiger partial charge on any atom is -0.387 e. The fraction of sp³-hybridized carbons (Fsp3) is 0.909. The van der Waals surface area contributed by atoms with Crippen LogP contribution < -0.4 is 5.73 Å². The van der Waals surface area contributed by atoms with E-state index in [0.717, 1.165) is 12.8 Å². The van der Waals surface area contributed by atoms with E-state index in [2.05, 4.69) is 27.7 Å². The molecule has 0 spiro atoms. The molecule has 1 fully saturated rings. The second-order valence-electron chi connectivity index (χ2n) is 6.07. The molecule has 0 radical (unpaired) electrons. The highest BCUT2D eigenvalue weighted by atomic mass is 35.5. The van der Waals surface area contributed by atoms with E-state index in [-0.39, 0.29) is 12.4 Å². The van der Waals surface area contributed by atoms with E-state index in [9.17, 15) is 0 Å². The monoisotopic (exact) mass is 218 g/mol. The molecule has 1 aliphatic carbocycles. The highest BCUT2D eigenvalue weighted by Gasteiger charge is 2.39. The lowest BCUT2D eigenvalue weighted by atomic mass is 9.61.